The van der Waals surface area contributed by atoms with Gasteiger partial charge in [0, 0.05) is 12.4 Å². The van der Waals surface area contributed by atoms with Crippen molar-refractivity contribution in [3.63, 3.8) is 0 Å². The summed E-state index contributed by atoms with van der Waals surface area (Å²) < 4.78 is 6.30. The molecular formula is C10H10N4O2. The molecule has 0 spiro atoms. The second kappa shape index (κ2) is 4.09. The molecule has 0 amide bonds. The van der Waals surface area contributed by atoms with Crippen LogP contribution >= 0.6 is 0 Å². The molecule has 0 unspecified atom stereocenters. The maximum atomic E-state index is 11.1. The van der Waals surface area contributed by atoms with Crippen LogP contribution in [0.1, 0.15) is 16.3 Å². The van der Waals surface area contributed by atoms with Gasteiger partial charge in [-0.15, -0.1) is 0 Å². The molecule has 0 radical (unpaired) electrons. The van der Waals surface area contributed by atoms with E-state index < -0.39 is 5.97 Å². The summed E-state index contributed by atoms with van der Waals surface area (Å²) >= 11 is 0. The third kappa shape index (κ3) is 1.77. The zero-order valence-electron chi connectivity index (χ0n) is 8.91. The average molecular weight is 218 g/mol. The Morgan fingerprint density at radius 2 is 2.12 bits per heavy atom. The highest BCUT2D eigenvalue weighted by atomic mass is 16.5. The largest absolute Gasteiger partial charge is 0.464 e. The SMILES string of the molecule is COC(=O)c1cnc(-n2ccnc2C)cn1. The monoisotopic (exact) mass is 218 g/mol. The number of ether oxygens (including phenoxy) is 1. The highest BCUT2D eigenvalue weighted by Gasteiger charge is 2.08. The van der Waals surface area contributed by atoms with Gasteiger partial charge >= 0.3 is 5.97 Å². The molecule has 2 rings (SSSR count). The molecule has 0 aromatic carbocycles. The Labute approximate surface area is 91.9 Å². The van der Waals surface area contributed by atoms with Crippen LogP contribution in [0.15, 0.2) is 24.8 Å². The zero-order valence-corrected chi connectivity index (χ0v) is 8.91. The number of carbonyl (C=O) groups is 1. The summed E-state index contributed by atoms with van der Waals surface area (Å²) in [4.78, 5) is 23.3. The van der Waals surface area contributed by atoms with Gasteiger partial charge in [-0.2, -0.15) is 0 Å². The minimum Gasteiger partial charge on any atom is -0.464 e. The number of imidazole rings is 1. The van der Waals surface area contributed by atoms with E-state index in [1.807, 2.05) is 6.92 Å². The fourth-order valence-corrected chi connectivity index (χ4v) is 1.28. The van der Waals surface area contributed by atoms with Crippen molar-refractivity contribution in [2.24, 2.45) is 0 Å². The van der Waals surface area contributed by atoms with E-state index in [1.54, 1.807) is 17.0 Å². The molecule has 0 aliphatic carbocycles. The lowest BCUT2D eigenvalue weighted by Gasteiger charge is -2.03. The van der Waals surface area contributed by atoms with Crippen LogP contribution in [-0.2, 0) is 4.74 Å². The summed E-state index contributed by atoms with van der Waals surface area (Å²) in [6, 6.07) is 0. The molecule has 0 aliphatic rings. The predicted octanol–water partition coefficient (Wildman–Crippen LogP) is 0.757. The highest BCUT2D eigenvalue weighted by molar-refractivity contribution is 5.86. The standard InChI is InChI=1S/C10H10N4O2/c1-7-11-3-4-14(7)9-6-12-8(5-13-9)10(15)16-2/h3-6H,1-2H3. The first kappa shape index (κ1) is 10.3. The van der Waals surface area contributed by atoms with Gasteiger partial charge in [0.1, 0.15) is 5.82 Å². The summed E-state index contributed by atoms with van der Waals surface area (Å²) in [5, 5.41) is 0. The lowest BCUT2D eigenvalue weighted by molar-refractivity contribution is 0.0593. The van der Waals surface area contributed by atoms with Crippen molar-refractivity contribution in [1.29, 1.82) is 0 Å². The van der Waals surface area contributed by atoms with Crippen LogP contribution in [0.2, 0.25) is 0 Å². The molecule has 0 saturated heterocycles. The maximum Gasteiger partial charge on any atom is 0.358 e. The number of methoxy groups -OCH3 is 1. The maximum absolute atomic E-state index is 11.1. The summed E-state index contributed by atoms with van der Waals surface area (Å²) in [5.41, 5.74) is 0.184. The van der Waals surface area contributed by atoms with Crippen molar-refractivity contribution in [2.45, 2.75) is 6.92 Å². The molecule has 82 valence electrons. The van der Waals surface area contributed by atoms with Crippen LogP contribution in [-0.4, -0.2) is 32.6 Å². The van der Waals surface area contributed by atoms with Crippen LogP contribution in [0.3, 0.4) is 0 Å². The Morgan fingerprint density at radius 3 is 2.62 bits per heavy atom. The molecule has 0 bridgehead atoms. The molecule has 2 aromatic rings. The van der Waals surface area contributed by atoms with Gasteiger partial charge in [-0.1, -0.05) is 0 Å². The summed E-state index contributed by atoms with van der Waals surface area (Å²) in [7, 11) is 1.30. The van der Waals surface area contributed by atoms with Gasteiger partial charge in [-0.05, 0) is 6.92 Å². The first-order chi connectivity index (χ1) is 7.72. The Kier molecular flexibility index (Phi) is 2.63. The van der Waals surface area contributed by atoms with Gasteiger partial charge in [0.25, 0.3) is 0 Å². The van der Waals surface area contributed by atoms with Crippen molar-refractivity contribution in [2.75, 3.05) is 7.11 Å². The molecule has 2 heterocycles. The van der Waals surface area contributed by atoms with E-state index in [2.05, 4.69) is 19.7 Å². The number of nitrogens with zero attached hydrogens (tertiary/aromatic N) is 4. The third-order valence-electron chi connectivity index (χ3n) is 2.11. The number of carbonyl (C=O) groups excluding carboxylic acids is 1. The van der Waals surface area contributed by atoms with Crippen LogP contribution in [0.25, 0.3) is 5.82 Å². The Bertz CT molecular complexity index is 504. The molecule has 6 nitrogen and oxygen atoms in total. The molecule has 0 N–H and O–H groups in total. The first-order valence-corrected chi connectivity index (χ1v) is 4.63. The van der Waals surface area contributed by atoms with Gasteiger partial charge < -0.3 is 4.74 Å². The van der Waals surface area contributed by atoms with Gasteiger partial charge in [0.2, 0.25) is 0 Å². The highest BCUT2D eigenvalue weighted by Crippen LogP contribution is 2.06. The van der Waals surface area contributed by atoms with Crippen molar-refractivity contribution in [3.8, 4) is 5.82 Å². The number of esters is 1. The van der Waals surface area contributed by atoms with E-state index >= 15 is 0 Å². The molecular weight excluding hydrogens is 208 g/mol. The molecule has 2 aromatic heterocycles. The molecule has 0 aliphatic heterocycles. The smallest absolute Gasteiger partial charge is 0.358 e. The first-order valence-electron chi connectivity index (χ1n) is 4.63. The van der Waals surface area contributed by atoms with Crippen molar-refractivity contribution >= 4 is 5.97 Å². The molecule has 0 atom stereocenters. The van der Waals surface area contributed by atoms with Crippen LogP contribution in [0.5, 0.6) is 0 Å². The summed E-state index contributed by atoms with van der Waals surface area (Å²) in [5.74, 6) is 0.921. The lowest BCUT2D eigenvalue weighted by atomic mass is 10.4. The predicted molar refractivity (Wildman–Crippen MR) is 55.2 cm³/mol. The van der Waals surface area contributed by atoms with E-state index in [-0.39, 0.29) is 5.69 Å². The Balaban J connectivity index is 2.33. The molecule has 0 saturated carbocycles. The van der Waals surface area contributed by atoms with E-state index in [1.165, 1.54) is 19.5 Å². The minimum absolute atomic E-state index is 0.184. The second-order valence-electron chi connectivity index (χ2n) is 3.10. The van der Waals surface area contributed by atoms with Gasteiger partial charge in [-0.3, -0.25) is 4.57 Å². The normalized spacial score (nSPS) is 10.1. The summed E-state index contributed by atoms with van der Waals surface area (Å²) in [6.45, 7) is 1.86. The van der Waals surface area contributed by atoms with E-state index in [4.69, 9.17) is 0 Å². The number of aryl methyl sites for hydroxylation is 1. The van der Waals surface area contributed by atoms with Crippen LogP contribution in [0, 0.1) is 6.92 Å². The lowest BCUT2D eigenvalue weighted by Crippen LogP contribution is -2.07. The van der Waals surface area contributed by atoms with Crippen molar-refractivity contribution < 1.29 is 9.53 Å². The molecule has 0 fully saturated rings. The topological polar surface area (TPSA) is 69.9 Å². The van der Waals surface area contributed by atoms with E-state index in [0.717, 1.165) is 5.82 Å². The van der Waals surface area contributed by atoms with Gasteiger partial charge in [0.05, 0.1) is 19.5 Å². The molecule has 6 heteroatoms. The fraction of sp³-hybridized carbons (Fsp3) is 0.200. The van der Waals surface area contributed by atoms with Crippen LogP contribution in [0.4, 0.5) is 0 Å². The quantitative estimate of drug-likeness (QED) is 0.696. The zero-order chi connectivity index (χ0) is 11.5. The van der Waals surface area contributed by atoms with E-state index in [9.17, 15) is 4.79 Å². The summed E-state index contributed by atoms with van der Waals surface area (Å²) in [6.07, 6.45) is 6.32. The Hall–Kier alpha value is -2.24. The number of hydrogen-bond acceptors (Lipinski definition) is 5. The van der Waals surface area contributed by atoms with Crippen molar-refractivity contribution in [1.82, 2.24) is 19.5 Å². The van der Waals surface area contributed by atoms with Gasteiger partial charge in [0.15, 0.2) is 11.5 Å². The molecule has 16 heavy (non-hydrogen) atoms. The van der Waals surface area contributed by atoms with Gasteiger partial charge in [-0.25, -0.2) is 19.7 Å². The second-order valence-corrected chi connectivity index (χ2v) is 3.10. The number of hydrogen-bond donors (Lipinski definition) is 0. The fourth-order valence-electron chi connectivity index (χ4n) is 1.28. The Morgan fingerprint density at radius 1 is 1.31 bits per heavy atom. The van der Waals surface area contributed by atoms with Crippen LogP contribution < -0.4 is 0 Å². The van der Waals surface area contributed by atoms with Crippen molar-refractivity contribution in [3.05, 3.63) is 36.3 Å². The number of aromatic nitrogens is 4. The minimum atomic E-state index is -0.499. The average Bonchev–Trinajstić information content (AvgIpc) is 2.75. The van der Waals surface area contributed by atoms with E-state index in [0.29, 0.717) is 5.82 Å². The third-order valence-corrected chi connectivity index (χ3v) is 2.11. The number of rotatable bonds is 2.